The number of nitrogens with zero attached hydrogens (tertiary/aromatic N) is 4. The number of amides is 5. The van der Waals surface area contributed by atoms with E-state index in [1.807, 2.05) is 20.8 Å². The summed E-state index contributed by atoms with van der Waals surface area (Å²) in [4.78, 5) is 56.7. The van der Waals surface area contributed by atoms with Crippen LogP contribution in [0.15, 0.2) is 18.2 Å². The minimum atomic E-state index is -0.526. The first-order valence-electron chi connectivity index (χ1n) is 13.9. The van der Waals surface area contributed by atoms with Crippen LogP contribution >= 0.6 is 0 Å². The lowest BCUT2D eigenvalue weighted by atomic mass is 10.1. The molecule has 0 radical (unpaired) electrons. The van der Waals surface area contributed by atoms with Gasteiger partial charge >= 0.3 is 12.1 Å². The summed E-state index contributed by atoms with van der Waals surface area (Å²) in [6.07, 6.45) is 1.51. The molecule has 220 valence electrons. The molecule has 3 saturated heterocycles. The predicted octanol–water partition coefficient (Wildman–Crippen LogP) is 2.32. The van der Waals surface area contributed by atoms with Crippen molar-refractivity contribution in [2.24, 2.45) is 0 Å². The molecule has 0 bridgehead atoms. The number of anilines is 1. The summed E-state index contributed by atoms with van der Waals surface area (Å²) < 4.78 is 17.0. The molecule has 1 aromatic rings. The van der Waals surface area contributed by atoms with Gasteiger partial charge in [-0.3, -0.25) is 24.7 Å². The second kappa shape index (κ2) is 12.9. The van der Waals surface area contributed by atoms with Crippen LogP contribution in [0.2, 0.25) is 0 Å². The van der Waals surface area contributed by atoms with Crippen LogP contribution in [-0.4, -0.2) is 116 Å². The van der Waals surface area contributed by atoms with Gasteiger partial charge < -0.3 is 24.0 Å². The second-order valence-electron chi connectivity index (χ2n) is 11.3. The van der Waals surface area contributed by atoms with Crippen LogP contribution in [0.3, 0.4) is 0 Å². The molecule has 0 aromatic heterocycles. The number of rotatable bonds is 7. The highest BCUT2D eigenvalue weighted by atomic mass is 16.6. The summed E-state index contributed by atoms with van der Waals surface area (Å²) in [5.41, 5.74) is 0.433. The zero-order valence-corrected chi connectivity index (χ0v) is 23.9. The Bertz CT molecular complexity index is 1090. The molecule has 0 atom stereocenters. The van der Waals surface area contributed by atoms with Crippen molar-refractivity contribution in [1.29, 1.82) is 0 Å². The fourth-order valence-corrected chi connectivity index (χ4v) is 5.07. The van der Waals surface area contributed by atoms with E-state index in [9.17, 15) is 19.2 Å². The fraction of sp³-hybridized carbons (Fsp3) is 0.643. The Kier molecular flexibility index (Phi) is 9.52. The fourth-order valence-electron chi connectivity index (χ4n) is 5.07. The molecule has 5 amide bonds. The van der Waals surface area contributed by atoms with Crippen molar-refractivity contribution in [2.45, 2.75) is 51.7 Å². The molecule has 12 nitrogen and oxygen atoms in total. The number of methoxy groups -OCH3 is 1. The highest BCUT2D eigenvalue weighted by molar-refractivity contribution is 6.07. The van der Waals surface area contributed by atoms with Gasteiger partial charge in [-0.1, -0.05) is 0 Å². The first kappa shape index (κ1) is 29.6. The molecular formula is C28H41N5O7. The molecule has 0 spiro atoms. The number of piperazine rings is 1. The number of imide groups is 1. The van der Waals surface area contributed by atoms with Crippen molar-refractivity contribution in [1.82, 2.24) is 20.0 Å². The number of benzene rings is 1. The highest BCUT2D eigenvalue weighted by Crippen LogP contribution is 2.31. The van der Waals surface area contributed by atoms with Gasteiger partial charge in [0.15, 0.2) is 0 Å². The summed E-state index contributed by atoms with van der Waals surface area (Å²) >= 11 is 0. The lowest BCUT2D eigenvalue weighted by Crippen LogP contribution is -2.50. The predicted molar refractivity (Wildman–Crippen MR) is 148 cm³/mol. The Labute approximate surface area is 235 Å². The Hall–Kier alpha value is -3.38. The van der Waals surface area contributed by atoms with E-state index in [0.717, 1.165) is 32.5 Å². The zero-order chi connectivity index (χ0) is 28.9. The third kappa shape index (κ3) is 7.63. The topological polar surface area (TPSA) is 121 Å². The van der Waals surface area contributed by atoms with Crippen molar-refractivity contribution >= 4 is 29.6 Å². The maximum Gasteiger partial charge on any atom is 0.410 e. The number of hydrogen-bond acceptors (Lipinski definition) is 8. The summed E-state index contributed by atoms with van der Waals surface area (Å²) in [7, 11) is 1.50. The average Bonchev–Trinajstić information content (AvgIpc) is 2.92. The lowest BCUT2D eigenvalue weighted by molar-refractivity contribution is -0.120. The molecule has 12 heteroatoms. The minimum absolute atomic E-state index is 0.0908. The minimum Gasteiger partial charge on any atom is -0.495 e. The number of ether oxygens (including phenoxy) is 3. The van der Waals surface area contributed by atoms with Crippen molar-refractivity contribution < 1.29 is 33.4 Å². The maximum absolute atomic E-state index is 13.3. The molecule has 4 rings (SSSR count). The number of carbonyl (C=O) groups excluding carboxylic acids is 4. The number of piperidine rings is 1. The van der Waals surface area contributed by atoms with E-state index in [1.54, 1.807) is 28.0 Å². The molecule has 1 N–H and O–H groups in total. The van der Waals surface area contributed by atoms with Crippen molar-refractivity contribution in [3.05, 3.63) is 23.8 Å². The van der Waals surface area contributed by atoms with E-state index in [0.29, 0.717) is 49.8 Å². The van der Waals surface area contributed by atoms with Gasteiger partial charge in [-0.2, -0.15) is 0 Å². The SMILES string of the molecule is COc1ccc(C(=O)N2CCC(OCCN3CCN(C(=O)OC(C)(C)C)CC3)CC2)cc1N1CCC(=O)NC1=O. The molecule has 3 heterocycles. The number of hydrogen-bond donors (Lipinski definition) is 1. The van der Waals surface area contributed by atoms with Crippen LogP contribution in [0, 0.1) is 0 Å². The summed E-state index contributed by atoms with van der Waals surface area (Å²) in [6.45, 7) is 11.3. The number of nitrogens with one attached hydrogen (secondary N) is 1. The highest BCUT2D eigenvalue weighted by Gasteiger charge is 2.30. The third-order valence-electron chi connectivity index (χ3n) is 7.28. The quantitative estimate of drug-likeness (QED) is 0.541. The van der Waals surface area contributed by atoms with Crippen LogP contribution in [0.5, 0.6) is 5.75 Å². The van der Waals surface area contributed by atoms with E-state index >= 15 is 0 Å². The van der Waals surface area contributed by atoms with Gasteiger partial charge in [0, 0.05) is 64.3 Å². The number of carbonyl (C=O) groups is 4. The Balaban J connectivity index is 1.21. The van der Waals surface area contributed by atoms with E-state index in [-0.39, 0.29) is 37.0 Å². The van der Waals surface area contributed by atoms with Crippen molar-refractivity contribution in [3.63, 3.8) is 0 Å². The number of urea groups is 1. The van der Waals surface area contributed by atoms with Crippen LogP contribution in [0.4, 0.5) is 15.3 Å². The van der Waals surface area contributed by atoms with Crippen LogP contribution in [-0.2, 0) is 14.3 Å². The summed E-state index contributed by atoms with van der Waals surface area (Å²) in [5, 5.41) is 2.31. The molecule has 0 unspecified atom stereocenters. The van der Waals surface area contributed by atoms with Gasteiger partial charge in [0.25, 0.3) is 5.91 Å². The zero-order valence-electron chi connectivity index (χ0n) is 23.9. The molecule has 40 heavy (non-hydrogen) atoms. The standard InChI is InChI=1S/C28H41N5O7/c1-28(2,3)40-27(37)32-15-13-30(14-16-32)17-18-39-21-7-10-31(11-8-21)25(35)20-5-6-23(38-4)22(19-20)33-12-9-24(34)29-26(33)36/h5-6,19,21H,7-18H2,1-4H3,(H,29,34,36). The molecular weight excluding hydrogens is 518 g/mol. The molecule has 3 fully saturated rings. The summed E-state index contributed by atoms with van der Waals surface area (Å²) in [5.74, 6) is 0.0245. The van der Waals surface area contributed by atoms with Gasteiger partial charge in [-0.25, -0.2) is 9.59 Å². The second-order valence-corrected chi connectivity index (χ2v) is 11.3. The van der Waals surface area contributed by atoms with Gasteiger partial charge in [-0.15, -0.1) is 0 Å². The first-order chi connectivity index (χ1) is 19.0. The molecule has 3 aliphatic heterocycles. The smallest absolute Gasteiger partial charge is 0.410 e. The van der Waals surface area contributed by atoms with E-state index in [1.165, 1.54) is 12.0 Å². The third-order valence-corrected chi connectivity index (χ3v) is 7.28. The molecule has 3 aliphatic rings. The van der Waals surface area contributed by atoms with E-state index < -0.39 is 11.6 Å². The van der Waals surface area contributed by atoms with Crippen LogP contribution in [0.1, 0.15) is 50.4 Å². The maximum atomic E-state index is 13.3. The molecule has 0 saturated carbocycles. The largest absolute Gasteiger partial charge is 0.495 e. The lowest BCUT2D eigenvalue weighted by Gasteiger charge is -2.36. The van der Waals surface area contributed by atoms with Gasteiger partial charge in [0.1, 0.15) is 11.4 Å². The van der Waals surface area contributed by atoms with Crippen molar-refractivity contribution in [2.75, 3.05) is 71.0 Å². The van der Waals surface area contributed by atoms with Crippen LogP contribution < -0.4 is 15.0 Å². The molecule has 0 aliphatic carbocycles. The first-order valence-corrected chi connectivity index (χ1v) is 13.9. The summed E-state index contributed by atoms with van der Waals surface area (Å²) in [6, 6.07) is 4.50. The normalized spacial score (nSPS) is 19.4. The monoisotopic (exact) mass is 559 g/mol. The van der Waals surface area contributed by atoms with Gasteiger partial charge in [0.05, 0.1) is 25.5 Å². The molecule has 1 aromatic carbocycles. The Morgan fingerprint density at radius 2 is 1.68 bits per heavy atom. The average molecular weight is 560 g/mol. The van der Waals surface area contributed by atoms with Gasteiger partial charge in [0.2, 0.25) is 5.91 Å². The van der Waals surface area contributed by atoms with E-state index in [4.69, 9.17) is 14.2 Å². The number of likely N-dealkylation sites (tertiary alicyclic amines) is 1. The van der Waals surface area contributed by atoms with Crippen LogP contribution in [0.25, 0.3) is 0 Å². The Morgan fingerprint density at radius 3 is 2.30 bits per heavy atom. The van der Waals surface area contributed by atoms with Gasteiger partial charge in [-0.05, 0) is 51.8 Å². The van der Waals surface area contributed by atoms with E-state index in [2.05, 4.69) is 10.2 Å². The Morgan fingerprint density at radius 1 is 0.975 bits per heavy atom. The van der Waals surface area contributed by atoms with Crippen molar-refractivity contribution in [3.8, 4) is 5.75 Å².